The molecule has 0 saturated heterocycles. The van der Waals surface area contributed by atoms with Crippen LogP contribution in [0.4, 0.5) is 0 Å². The second-order valence-electron chi connectivity index (χ2n) is 5.86. The van der Waals surface area contributed by atoms with Gasteiger partial charge >= 0.3 is 0 Å². The molecule has 0 fully saturated rings. The van der Waals surface area contributed by atoms with Gasteiger partial charge in [0.15, 0.2) is 5.69 Å². The molecule has 5 rings (SSSR count). The number of hydrogen-bond donors (Lipinski definition) is 0. The lowest BCUT2D eigenvalue weighted by Crippen LogP contribution is -1.99. The zero-order valence-corrected chi connectivity index (χ0v) is 14.4. The van der Waals surface area contributed by atoms with Crippen LogP contribution in [0.3, 0.4) is 0 Å². The molecule has 0 radical (unpaired) electrons. The largest absolute Gasteiger partial charge is 0.334 e. The van der Waals surface area contributed by atoms with Crippen LogP contribution in [0.25, 0.3) is 33.1 Å². The van der Waals surface area contributed by atoms with Gasteiger partial charge in [-0.2, -0.15) is 4.98 Å². The molecule has 5 aromatic rings. The molecule has 0 bridgehead atoms. The van der Waals surface area contributed by atoms with E-state index in [-0.39, 0.29) is 0 Å². The van der Waals surface area contributed by atoms with Crippen molar-refractivity contribution in [3.8, 4) is 23.0 Å². The van der Waals surface area contributed by atoms with Crippen LogP contribution < -0.4 is 0 Å². The van der Waals surface area contributed by atoms with Gasteiger partial charge in [-0.3, -0.25) is 0 Å². The summed E-state index contributed by atoms with van der Waals surface area (Å²) < 4.78 is 8.42. The number of rotatable bonds is 4. The van der Waals surface area contributed by atoms with Crippen molar-refractivity contribution in [2.45, 2.75) is 6.54 Å². The van der Waals surface area contributed by atoms with E-state index in [4.69, 9.17) is 4.52 Å². The van der Waals surface area contributed by atoms with E-state index in [9.17, 15) is 0 Å². The van der Waals surface area contributed by atoms with E-state index in [1.165, 1.54) is 4.70 Å². The highest BCUT2D eigenvalue weighted by atomic mass is 32.1. The maximum absolute atomic E-state index is 5.47. The van der Waals surface area contributed by atoms with Crippen molar-refractivity contribution in [2.75, 3.05) is 0 Å². The zero-order chi connectivity index (χ0) is 17.3. The lowest BCUT2D eigenvalue weighted by Gasteiger charge is -1.98. The Bertz CT molecular complexity index is 1170. The van der Waals surface area contributed by atoms with Crippen LogP contribution >= 0.6 is 11.3 Å². The Labute approximate surface area is 152 Å². The summed E-state index contributed by atoms with van der Waals surface area (Å²) in [5.41, 5.74) is 2.69. The number of fused-ring (bicyclic) bond motifs is 1. The van der Waals surface area contributed by atoms with Gasteiger partial charge < -0.3 is 4.52 Å². The molecule has 0 saturated carbocycles. The van der Waals surface area contributed by atoms with Crippen molar-refractivity contribution >= 4 is 21.4 Å². The van der Waals surface area contributed by atoms with Crippen LogP contribution in [-0.4, -0.2) is 25.1 Å². The van der Waals surface area contributed by atoms with E-state index < -0.39 is 0 Å². The summed E-state index contributed by atoms with van der Waals surface area (Å²) in [5.74, 6) is 0.935. The van der Waals surface area contributed by atoms with E-state index in [1.807, 2.05) is 41.9 Å². The Balaban J connectivity index is 1.44. The highest BCUT2D eigenvalue weighted by molar-refractivity contribution is 7.17. The fourth-order valence-corrected chi connectivity index (χ4v) is 3.76. The third-order valence-electron chi connectivity index (χ3n) is 4.09. The maximum Gasteiger partial charge on any atom is 0.259 e. The fourth-order valence-electron chi connectivity index (χ4n) is 2.83. The van der Waals surface area contributed by atoms with Crippen LogP contribution in [0.1, 0.15) is 5.56 Å². The molecule has 0 unspecified atom stereocenters. The van der Waals surface area contributed by atoms with E-state index in [0.29, 0.717) is 24.0 Å². The molecule has 3 heterocycles. The van der Waals surface area contributed by atoms with Crippen LogP contribution in [0.2, 0.25) is 0 Å². The molecule has 0 aliphatic heterocycles. The molecule has 0 amide bonds. The van der Waals surface area contributed by atoms with E-state index in [1.54, 1.807) is 16.0 Å². The van der Waals surface area contributed by atoms with Gasteiger partial charge in [0.05, 0.1) is 18.3 Å². The summed E-state index contributed by atoms with van der Waals surface area (Å²) in [7, 11) is 0. The Morgan fingerprint density at radius 3 is 2.77 bits per heavy atom. The van der Waals surface area contributed by atoms with E-state index in [0.717, 1.165) is 16.5 Å². The molecule has 0 spiro atoms. The average molecular weight is 359 g/mol. The van der Waals surface area contributed by atoms with Gasteiger partial charge in [0, 0.05) is 15.5 Å². The van der Waals surface area contributed by atoms with Gasteiger partial charge in [0.2, 0.25) is 5.82 Å². The molecule has 26 heavy (non-hydrogen) atoms. The highest BCUT2D eigenvalue weighted by Crippen LogP contribution is 2.33. The minimum absolute atomic E-state index is 0.439. The second-order valence-corrected chi connectivity index (χ2v) is 6.77. The number of hydrogen-bond acceptors (Lipinski definition) is 6. The van der Waals surface area contributed by atoms with Crippen molar-refractivity contribution < 1.29 is 4.52 Å². The van der Waals surface area contributed by atoms with Gasteiger partial charge in [-0.1, -0.05) is 58.9 Å². The first-order valence-corrected chi connectivity index (χ1v) is 8.99. The van der Waals surface area contributed by atoms with Crippen molar-refractivity contribution in [1.29, 1.82) is 0 Å². The van der Waals surface area contributed by atoms with Crippen molar-refractivity contribution in [3.05, 3.63) is 71.7 Å². The number of benzene rings is 2. The standard InChI is InChI=1S/C19H13N5OS/c1-2-6-13(7-3-1)10-24-11-16(21-23-24)18-20-19(25-22-18)15-12-26-17-9-5-4-8-14(15)17/h1-9,11-12H,10H2. The molecular weight excluding hydrogens is 346 g/mol. The quantitative estimate of drug-likeness (QED) is 0.479. The topological polar surface area (TPSA) is 69.6 Å². The van der Waals surface area contributed by atoms with Gasteiger partial charge in [-0.25, -0.2) is 4.68 Å². The Morgan fingerprint density at radius 2 is 1.85 bits per heavy atom. The third kappa shape index (κ3) is 2.68. The second kappa shape index (κ2) is 6.20. The van der Waals surface area contributed by atoms with Crippen LogP contribution in [0, 0.1) is 0 Å². The predicted molar refractivity (Wildman–Crippen MR) is 99.7 cm³/mol. The third-order valence-corrected chi connectivity index (χ3v) is 5.06. The fraction of sp³-hybridized carbons (Fsp3) is 0.0526. The summed E-state index contributed by atoms with van der Waals surface area (Å²) in [5, 5.41) is 15.5. The monoisotopic (exact) mass is 359 g/mol. The number of aromatic nitrogens is 5. The molecule has 7 heteroatoms. The van der Waals surface area contributed by atoms with Gasteiger partial charge in [0.1, 0.15) is 0 Å². The average Bonchev–Trinajstić information content (AvgIpc) is 3.41. The van der Waals surface area contributed by atoms with Crippen LogP contribution in [0.5, 0.6) is 0 Å². The lowest BCUT2D eigenvalue weighted by molar-refractivity contribution is 0.432. The lowest BCUT2D eigenvalue weighted by atomic mass is 10.2. The molecule has 6 nitrogen and oxygen atoms in total. The highest BCUT2D eigenvalue weighted by Gasteiger charge is 2.16. The van der Waals surface area contributed by atoms with Gasteiger partial charge in [0.25, 0.3) is 5.89 Å². The zero-order valence-electron chi connectivity index (χ0n) is 13.6. The SMILES string of the molecule is c1ccc(Cn2cc(-c3noc(-c4csc5ccccc45)n3)nn2)cc1. The minimum atomic E-state index is 0.439. The smallest absolute Gasteiger partial charge is 0.259 e. The predicted octanol–water partition coefficient (Wildman–Crippen LogP) is 4.26. The normalized spacial score (nSPS) is 11.2. The molecular formula is C19H13N5OS. The maximum atomic E-state index is 5.47. The summed E-state index contributed by atoms with van der Waals surface area (Å²) in [6.07, 6.45) is 1.83. The Kier molecular flexibility index (Phi) is 3.57. The molecule has 0 aliphatic carbocycles. The first-order chi connectivity index (χ1) is 12.9. The van der Waals surface area contributed by atoms with Crippen molar-refractivity contribution in [2.24, 2.45) is 0 Å². The van der Waals surface area contributed by atoms with Gasteiger partial charge in [-0.15, -0.1) is 16.4 Å². The number of thiophene rings is 1. The molecule has 2 aromatic carbocycles. The minimum Gasteiger partial charge on any atom is -0.334 e. The summed E-state index contributed by atoms with van der Waals surface area (Å²) in [6.45, 7) is 0.647. The molecule has 0 aliphatic rings. The first-order valence-electron chi connectivity index (χ1n) is 8.11. The Morgan fingerprint density at radius 1 is 1.00 bits per heavy atom. The molecule has 0 atom stereocenters. The summed E-state index contributed by atoms with van der Waals surface area (Å²) >= 11 is 1.66. The summed E-state index contributed by atoms with van der Waals surface area (Å²) in [6, 6.07) is 18.3. The van der Waals surface area contributed by atoms with Crippen molar-refractivity contribution in [1.82, 2.24) is 25.1 Å². The molecule has 3 aromatic heterocycles. The van der Waals surface area contributed by atoms with Crippen LogP contribution in [0.15, 0.2) is 70.7 Å². The number of nitrogens with zero attached hydrogens (tertiary/aromatic N) is 5. The van der Waals surface area contributed by atoms with E-state index in [2.05, 4.69) is 44.7 Å². The molecule has 126 valence electrons. The van der Waals surface area contributed by atoms with Crippen LogP contribution in [-0.2, 0) is 6.54 Å². The molecule has 0 N–H and O–H groups in total. The first kappa shape index (κ1) is 15.0. The van der Waals surface area contributed by atoms with E-state index >= 15 is 0 Å². The van der Waals surface area contributed by atoms with Crippen molar-refractivity contribution in [3.63, 3.8) is 0 Å². The van der Waals surface area contributed by atoms with Gasteiger partial charge in [-0.05, 0) is 11.6 Å². The summed E-state index contributed by atoms with van der Waals surface area (Å²) in [4.78, 5) is 4.51. The Hall–Kier alpha value is -3.32.